The van der Waals surface area contributed by atoms with E-state index in [2.05, 4.69) is 15.6 Å². The lowest BCUT2D eigenvalue weighted by atomic mass is 10.0. The standard InChI is InChI=1S/C36H44N6O8/c1-23-14-33(50-35-17-28(45)16-29(21-43)49-35)32(18-30(23)38-19-27-6-3-4-12-42(27)22-44)48-13-5-7-34(46)39-26-15-31(41(2)20-26)36(47)40-25-10-8-24(37)9-11-25/h8-11,14-15,18-22,27-29,35,45H,3-7,12-13,16-17,37H2,1-2H3,(H,39,46)(H,40,47). The van der Waals surface area contributed by atoms with Crippen molar-refractivity contribution in [2.24, 2.45) is 12.0 Å². The van der Waals surface area contributed by atoms with Crippen LogP contribution in [0.3, 0.4) is 0 Å². The number of nitrogens with two attached hydrogens (primary N) is 1. The number of nitrogens with one attached hydrogen (secondary N) is 2. The van der Waals surface area contributed by atoms with E-state index in [1.54, 1.807) is 71.4 Å². The van der Waals surface area contributed by atoms with Gasteiger partial charge in [0.15, 0.2) is 11.5 Å². The highest BCUT2D eigenvalue weighted by Gasteiger charge is 2.30. The number of hydrogen-bond donors (Lipinski definition) is 4. The fourth-order valence-corrected chi connectivity index (χ4v) is 5.89. The third kappa shape index (κ3) is 9.70. The number of aliphatic hydroxyl groups is 1. The number of ether oxygens (including phenoxy) is 3. The van der Waals surface area contributed by atoms with E-state index in [4.69, 9.17) is 19.9 Å². The first-order valence-electron chi connectivity index (χ1n) is 16.7. The SMILES string of the molecule is Cc1cc(OC2CC(O)CC(C=O)O2)c(OCCCC(=O)Nc2cc(C(=O)Nc3ccc(N)cc3)n(C)c2)cc1N=CC1CCCCN1C=O. The van der Waals surface area contributed by atoms with Gasteiger partial charge in [-0.25, -0.2) is 0 Å². The van der Waals surface area contributed by atoms with Crippen molar-refractivity contribution in [3.05, 3.63) is 59.9 Å². The Labute approximate surface area is 290 Å². The number of carbonyl (C=O) groups is 4. The summed E-state index contributed by atoms with van der Waals surface area (Å²) in [7, 11) is 1.71. The maximum absolute atomic E-state index is 12.8. The Morgan fingerprint density at radius 2 is 1.88 bits per heavy atom. The summed E-state index contributed by atoms with van der Waals surface area (Å²) in [5, 5.41) is 15.9. The van der Waals surface area contributed by atoms with E-state index in [9.17, 15) is 24.3 Å². The zero-order valence-corrected chi connectivity index (χ0v) is 28.2. The molecule has 3 amide bonds. The van der Waals surface area contributed by atoms with Crippen LogP contribution in [-0.2, 0) is 26.2 Å². The molecule has 2 fully saturated rings. The lowest BCUT2D eigenvalue weighted by molar-refractivity contribution is -0.176. The van der Waals surface area contributed by atoms with E-state index < -0.39 is 18.5 Å². The van der Waals surface area contributed by atoms with Crippen LogP contribution in [0.4, 0.5) is 22.7 Å². The predicted octanol–water partition coefficient (Wildman–Crippen LogP) is 4.12. The van der Waals surface area contributed by atoms with Gasteiger partial charge in [-0.3, -0.25) is 19.4 Å². The van der Waals surface area contributed by atoms with Crippen LogP contribution in [-0.4, -0.2) is 83.0 Å². The molecule has 5 N–H and O–H groups in total. The van der Waals surface area contributed by atoms with Gasteiger partial charge < -0.3 is 49.9 Å². The van der Waals surface area contributed by atoms with Gasteiger partial charge in [0, 0.05) is 62.7 Å². The molecule has 2 aliphatic rings. The van der Waals surface area contributed by atoms with Gasteiger partial charge in [0.1, 0.15) is 18.1 Å². The largest absolute Gasteiger partial charge is 0.490 e. The van der Waals surface area contributed by atoms with E-state index in [0.717, 1.165) is 31.2 Å². The molecule has 1 aromatic heterocycles. The van der Waals surface area contributed by atoms with Gasteiger partial charge in [-0.2, -0.15) is 0 Å². The van der Waals surface area contributed by atoms with Crippen LogP contribution in [0, 0.1) is 6.92 Å². The number of benzene rings is 2. The maximum atomic E-state index is 12.8. The quantitative estimate of drug-likeness (QED) is 0.0837. The van der Waals surface area contributed by atoms with Gasteiger partial charge in [0.05, 0.1) is 30.1 Å². The summed E-state index contributed by atoms with van der Waals surface area (Å²) in [5.74, 6) is 0.105. The highest BCUT2D eigenvalue weighted by molar-refractivity contribution is 6.04. The first kappa shape index (κ1) is 36.1. The second kappa shape index (κ2) is 16.9. The summed E-state index contributed by atoms with van der Waals surface area (Å²) in [5.41, 5.74) is 9.15. The van der Waals surface area contributed by atoms with Crippen molar-refractivity contribution in [1.29, 1.82) is 0 Å². The molecular weight excluding hydrogens is 644 g/mol. The fourth-order valence-electron chi connectivity index (χ4n) is 5.89. The average molecular weight is 689 g/mol. The minimum absolute atomic E-state index is 0.101. The number of hydrogen-bond acceptors (Lipinski definition) is 10. The number of aryl methyl sites for hydroxylation is 2. The van der Waals surface area contributed by atoms with Crippen molar-refractivity contribution in [2.75, 3.05) is 29.5 Å². The molecule has 14 heteroatoms. The lowest BCUT2D eigenvalue weighted by Gasteiger charge is -2.31. The molecule has 2 aliphatic heterocycles. The third-order valence-electron chi connectivity index (χ3n) is 8.58. The molecular formula is C36H44N6O8. The molecule has 3 heterocycles. The van der Waals surface area contributed by atoms with Crippen LogP contribution < -0.4 is 25.8 Å². The Morgan fingerprint density at radius 1 is 1.08 bits per heavy atom. The number of aliphatic hydroxyl groups excluding tert-OH is 1. The molecule has 0 bridgehead atoms. The van der Waals surface area contributed by atoms with Gasteiger partial charge in [-0.15, -0.1) is 0 Å². The van der Waals surface area contributed by atoms with Crippen molar-refractivity contribution >= 4 is 53.5 Å². The summed E-state index contributed by atoms with van der Waals surface area (Å²) < 4.78 is 19.5. The molecule has 4 atom stereocenters. The number of aliphatic imine (C=N–C) groups is 1. The number of amides is 3. The van der Waals surface area contributed by atoms with Crippen LogP contribution >= 0.6 is 0 Å². The summed E-state index contributed by atoms with van der Waals surface area (Å²) in [6, 6.07) is 11.8. The second-order valence-electron chi connectivity index (χ2n) is 12.6. The van der Waals surface area contributed by atoms with E-state index in [1.165, 1.54) is 0 Å². The molecule has 0 aliphatic carbocycles. The maximum Gasteiger partial charge on any atom is 0.272 e. The van der Waals surface area contributed by atoms with Crippen LogP contribution in [0.2, 0.25) is 0 Å². The normalized spacial score (nSPS) is 20.7. The van der Waals surface area contributed by atoms with Crippen molar-refractivity contribution in [3.8, 4) is 11.5 Å². The highest BCUT2D eigenvalue weighted by Crippen LogP contribution is 2.37. The van der Waals surface area contributed by atoms with Crippen LogP contribution in [0.5, 0.6) is 11.5 Å². The van der Waals surface area contributed by atoms with E-state index in [-0.39, 0.29) is 43.7 Å². The molecule has 0 radical (unpaired) electrons. The van der Waals surface area contributed by atoms with E-state index >= 15 is 0 Å². The van der Waals surface area contributed by atoms with Crippen LogP contribution in [0.25, 0.3) is 0 Å². The first-order valence-corrected chi connectivity index (χ1v) is 16.7. The Morgan fingerprint density at radius 3 is 2.64 bits per heavy atom. The van der Waals surface area contributed by atoms with Crippen molar-refractivity contribution in [3.63, 3.8) is 0 Å². The molecule has 0 spiro atoms. The molecule has 2 aromatic carbocycles. The van der Waals surface area contributed by atoms with E-state index in [0.29, 0.717) is 59.2 Å². The highest BCUT2D eigenvalue weighted by atomic mass is 16.7. The molecule has 0 saturated carbocycles. The first-order chi connectivity index (χ1) is 24.1. The summed E-state index contributed by atoms with van der Waals surface area (Å²) in [4.78, 5) is 55.0. The Hall–Kier alpha value is -5.21. The van der Waals surface area contributed by atoms with Gasteiger partial charge in [0.25, 0.3) is 5.91 Å². The number of carbonyl (C=O) groups excluding carboxylic acids is 4. The lowest BCUT2D eigenvalue weighted by Crippen LogP contribution is -2.39. The second-order valence-corrected chi connectivity index (χ2v) is 12.6. The summed E-state index contributed by atoms with van der Waals surface area (Å²) in [6.07, 6.45) is 6.18. The topological polar surface area (TPSA) is 187 Å². The number of nitrogen functional groups attached to an aromatic ring is 1. The number of nitrogens with zero attached hydrogens (tertiary/aromatic N) is 3. The van der Waals surface area contributed by atoms with Crippen molar-refractivity contribution in [1.82, 2.24) is 9.47 Å². The molecule has 5 rings (SSSR count). The van der Waals surface area contributed by atoms with Gasteiger partial charge >= 0.3 is 0 Å². The van der Waals surface area contributed by atoms with E-state index in [1.807, 2.05) is 6.92 Å². The zero-order chi connectivity index (χ0) is 35.6. The predicted molar refractivity (Wildman–Crippen MR) is 188 cm³/mol. The van der Waals surface area contributed by atoms with Crippen molar-refractivity contribution < 1.29 is 38.5 Å². The molecule has 266 valence electrons. The number of aldehydes is 1. The zero-order valence-electron chi connectivity index (χ0n) is 28.2. The smallest absolute Gasteiger partial charge is 0.272 e. The average Bonchev–Trinajstić information content (AvgIpc) is 3.47. The number of piperidine rings is 1. The Bertz CT molecular complexity index is 1690. The number of likely N-dealkylation sites (tertiary alicyclic amines) is 1. The number of rotatable bonds is 14. The third-order valence-corrected chi connectivity index (χ3v) is 8.58. The number of aromatic nitrogens is 1. The van der Waals surface area contributed by atoms with Crippen LogP contribution in [0.1, 0.15) is 61.0 Å². The number of anilines is 3. The monoisotopic (exact) mass is 688 g/mol. The fraction of sp³-hybridized carbons (Fsp3) is 0.417. The summed E-state index contributed by atoms with van der Waals surface area (Å²) >= 11 is 0. The molecule has 4 unspecified atom stereocenters. The molecule has 50 heavy (non-hydrogen) atoms. The minimum atomic E-state index is -0.872. The Balaban J connectivity index is 1.21. The molecule has 2 saturated heterocycles. The summed E-state index contributed by atoms with van der Waals surface area (Å²) in [6.45, 7) is 2.72. The molecule has 3 aromatic rings. The van der Waals surface area contributed by atoms with Gasteiger partial charge in [0.2, 0.25) is 18.6 Å². The van der Waals surface area contributed by atoms with Gasteiger partial charge in [-0.1, -0.05) is 0 Å². The Kier molecular flexibility index (Phi) is 12.2. The van der Waals surface area contributed by atoms with Crippen molar-refractivity contribution in [2.45, 2.75) is 76.4 Å². The van der Waals surface area contributed by atoms with Gasteiger partial charge in [-0.05, 0) is 74.6 Å². The minimum Gasteiger partial charge on any atom is -0.490 e. The molecule has 14 nitrogen and oxygen atoms in total. The van der Waals surface area contributed by atoms with Crippen LogP contribution in [0.15, 0.2) is 53.7 Å².